The van der Waals surface area contributed by atoms with Crippen molar-refractivity contribution >= 4 is 5.78 Å². The van der Waals surface area contributed by atoms with Gasteiger partial charge in [-0.05, 0) is 25.0 Å². The second-order valence-corrected chi connectivity index (χ2v) is 8.47. The Morgan fingerprint density at radius 1 is 1.15 bits per heavy atom. The molecule has 3 unspecified atom stereocenters. The number of epoxide rings is 1. The molecule has 5 aliphatic rings. The fourth-order valence-corrected chi connectivity index (χ4v) is 5.80. The first kappa shape index (κ1) is 16.4. The molecular formula is C21H22O6. The molecule has 0 radical (unpaired) electrons. The maximum atomic E-state index is 13.2. The van der Waals surface area contributed by atoms with Crippen LogP contribution in [0.2, 0.25) is 0 Å². The Labute approximate surface area is 157 Å². The van der Waals surface area contributed by atoms with Gasteiger partial charge in [0.25, 0.3) is 0 Å². The molecule has 1 saturated carbocycles. The SMILES string of the molecule is CC1=CC2OC3[C@H](O)CC([C@@]34CO4)[C@]23CO[C@@H](c2ccccc2)O[C@@H]3C1=O. The quantitative estimate of drug-likeness (QED) is 0.756. The van der Waals surface area contributed by atoms with Crippen LogP contribution in [-0.4, -0.2) is 54.1 Å². The number of ether oxygens (including phenoxy) is 4. The van der Waals surface area contributed by atoms with Crippen LogP contribution in [0.1, 0.15) is 25.2 Å². The molecule has 27 heavy (non-hydrogen) atoms. The number of rotatable bonds is 1. The fraction of sp³-hybridized carbons (Fsp3) is 0.571. The largest absolute Gasteiger partial charge is 0.390 e. The highest BCUT2D eigenvalue weighted by molar-refractivity contribution is 6.00. The number of aliphatic hydroxyl groups is 1. The van der Waals surface area contributed by atoms with Gasteiger partial charge in [-0.15, -0.1) is 0 Å². The summed E-state index contributed by atoms with van der Waals surface area (Å²) in [5, 5.41) is 10.6. The predicted molar refractivity (Wildman–Crippen MR) is 92.7 cm³/mol. The van der Waals surface area contributed by atoms with E-state index in [4.69, 9.17) is 18.9 Å². The van der Waals surface area contributed by atoms with Gasteiger partial charge in [-0.25, -0.2) is 0 Å². The van der Waals surface area contributed by atoms with Gasteiger partial charge >= 0.3 is 0 Å². The van der Waals surface area contributed by atoms with E-state index < -0.39 is 29.5 Å². The van der Waals surface area contributed by atoms with Crippen LogP contribution in [0.15, 0.2) is 42.0 Å². The number of carbonyl (C=O) groups is 1. The minimum Gasteiger partial charge on any atom is -0.390 e. The first-order chi connectivity index (χ1) is 13.1. The number of Topliss-reactive ketones (excluding diaryl/α,β-unsaturated/α-hetero) is 1. The first-order valence-electron chi connectivity index (χ1n) is 9.58. The van der Waals surface area contributed by atoms with Gasteiger partial charge < -0.3 is 24.1 Å². The Hall–Kier alpha value is -1.57. The second-order valence-electron chi connectivity index (χ2n) is 8.47. The summed E-state index contributed by atoms with van der Waals surface area (Å²) >= 11 is 0. The van der Waals surface area contributed by atoms with Crippen LogP contribution in [0.25, 0.3) is 0 Å². The van der Waals surface area contributed by atoms with Crippen molar-refractivity contribution in [3.05, 3.63) is 47.5 Å². The Kier molecular flexibility index (Phi) is 3.20. The van der Waals surface area contributed by atoms with E-state index in [2.05, 4.69) is 0 Å². The third-order valence-electron chi connectivity index (χ3n) is 7.18. The van der Waals surface area contributed by atoms with E-state index in [9.17, 15) is 9.90 Å². The van der Waals surface area contributed by atoms with Gasteiger partial charge in [-0.3, -0.25) is 4.79 Å². The molecule has 6 rings (SSSR count). The predicted octanol–water partition coefficient (Wildman–Crippen LogP) is 1.53. The van der Waals surface area contributed by atoms with Crippen LogP contribution in [0.5, 0.6) is 0 Å². The van der Waals surface area contributed by atoms with E-state index in [0.29, 0.717) is 25.2 Å². The monoisotopic (exact) mass is 370 g/mol. The summed E-state index contributed by atoms with van der Waals surface area (Å²) < 4.78 is 24.6. The van der Waals surface area contributed by atoms with Crippen molar-refractivity contribution in [3.8, 4) is 0 Å². The maximum absolute atomic E-state index is 13.2. The minimum absolute atomic E-state index is 0.0188. The van der Waals surface area contributed by atoms with Crippen molar-refractivity contribution in [2.75, 3.05) is 13.2 Å². The van der Waals surface area contributed by atoms with E-state index in [1.807, 2.05) is 43.3 Å². The summed E-state index contributed by atoms with van der Waals surface area (Å²) in [6.07, 6.45) is -0.0702. The highest BCUT2D eigenvalue weighted by Crippen LogP contribution is 2.65. The maximum Gasteiger partial charge on any atom is 0.187 e. The molecule has 2 bridgehead atoms. The molecule has 1 aromatic carbocycles. The van der Waals surface area contributed by atoms with Gasteiger partial charge in [0.1, 0.15) is 17.8 Å². The lowest BCUT2D eigenvalue weighted by molar-refractivity contribution is -0.315. The molecule has 1 aromatic rings. The minimum atomic E-state index is -0.663. The van der Waals surface area contributed by atoms with E-state index in [1.165, 1.54) is 0 Å². The second kappa shape index (κ2) is 5.27. The third kappa shape index (κ3) is 1.95. The molecule has 3 heterocycles. The molecule has 3 aliphatic heterocycles. The Morgan fingerprint density at radius 2 is 1.93 bits per heavy atom. The number of aliphatic hydroxyl groups excluding tert-OH is 1. The molecule has 4 fully saturated rings. The van der Waals surface area contributed by atoms with Gasteiger partial charge in [-0.2, -0.15) is 0 Å². The molecule has 0 aromatic heterocycles. The van der Waals surface area contributed by atoms with Gasteiger partial charge in [0, 0.05) is 11.5 Å². The van der Waals surface area contributed by atoms with E-state index in [-0.39, 0.29) is 23.9 Å². The lowest BCUT2D eigenvalue weighted by Crippen LogP contribution is -2.68. The van der Waals surface area contributed by atoms with Gasteiger partial charge in [0.15, 0.2) is 12.1 Å². The zero-order chi connectivity index (χ0) is 18.4. The molecule has 2 aliphatic carbocycles. The Bertz CT molecular complexity index is 830. The molecular weight excluding hydrogens is 348 g/mol. The number of benzene rings is 1. The summed E-state index contributed by atoms with van der Waals surface area (Å²) in [7, 11) is 0. The molecule has 3 saturated heterocycles. The standard InChI is InChI=1S/C21H22O6/c1-11-7-15-20(14-8-13(22)17(26-15)21(14)10-25-21)9-24-19(27-18(20)16(11)23)12-5-3-2-4-6-12/h2-7,13-15,17-19,22H,8-10H2,1H3/t13-,14?,15?,17?,18-,19-,20-,21+/m1/s1. The van der Waals surface area contributed by atoms with Crippen LogP contribution in [0.3, 0.4) is 0 Å². The Balaban J connectivity index is 1.44. The smallest absolute Gasteiger partial charge is 0.187 e. The molecule has 8 atom stereocenters. The van der Waals surface area contributed by atoms with Gasteiger partial charge in [0.05, 0.1) is 30.8 Å². The van der Waals surface area contributed by atoms with Crippen LogP contribution in [0.4, 0.5) is 0 Å². The summed E-state index contributed by atoms with van der Waals surface area (Å²) in [4.78, 5) is 13.2. The molecule has 1 N–H and O–H groups in total. The normalized spacial score (nSPS) is 50.1. The summed E-state index contributed by atoms with van der Waals surface area (Å²) in [6.45, 7) is 2.70. The Morgan fingerprint density at radius 3 is 2.67 bits per heavy atom. The van der Waals surface area contributed by atoms with E-state index >= 15 is 0 Å². The number of hydrogen-bond donors (Lipinski definition) is 1. The topological polar surface area (TPSA) is 77.5 Å². The van der Waals surface area contributed by atoms with Crippen LogP contribution >= 0.6 is 0 Å². The van der Waals surface area contributed by atoms with Crippen LogP contribution in [-0.2, 0) is 23.7 Å². The summed E-state index contributed by atoms with van der Waals surface area (Å²) in [5.41, 5.74) is 0.380. The highest BCUT2D eigenvalue weighted by Gasteiger charge is 2.78. The van der Waals surface area contributed by atoms with Crippen LogP contribution < -0.4 is 0 Å². The fourth-order valence-electron chi connectivity index (χ4n) is 5.80. The number of ketones is 1. The average molecular weight is 370 g/mol. The van der Waals surface area contributed by atoms with Crippen molar-refractivity contribution in [3.63, 3.8) is 0 Å². The van der Waals surface area contributed by atoms with Crippen LogP contribution in [0, 0.1) is 11.3 Å². The third-order valence-corrected chi connectivity index (χ3v) is 7.18. The van der Waals surface area contributed by atoms with E-state index in [0.717, 1.165) is 5.56 Å². The number of hydrogen-bond acceptors (Lipinski definition) is 6. The lowest BCUT2D eigenvalue weighted by atomic mass is 9.58. The molecule has 6 nitrogen and oxygen atoms in total. The van der Waals surface area contributed by atoms with Gasteiger partial charge in [-0.1, -0.05) is 30.3 Å². The first-order valence-corrected chi connectivity index (χ1v) is 9.58. The molecule has 142 valence electrons. The number of carbonyl (C=O) groups excluding carboxylic acids is 1. The van der Waals surface area contributed by atoms with Crippen molar-refractivity contribution in [1.29, 1.82) is 0 Å². The van der Waals surface area contributed by atoms with E-state index in [1.54, 1.807) is 0 Å². The average Bonchev–Trinajstić information content (AvgIpc) is 3.44. The van der Waals surface area contributed by atoms with Crippen molar-refractivity contribution in [2.24, 2.45) is 11.3 Å². The summed E-state index contributed by atoms with van der Waals surface area (Å²) in [6, 6.07) is 9.67. The molecule has 0 amide bonds. The van der Waals surface area contributed by atoms with Crippen molar-refractivity contribution in [1.82, 2.24) is 0 Å². The van der Waals surface area contributed by atoms with Crippen molar-refractivity contribution in [2.45, 2.75) is 49.7 Å². The van der Waals surface area contributed by atoms with Gasteiger partial charge in [0.2, 0.25) is 0 Å². The zero-order valence-corrected chi connectivity index (χ0v) is 15.0. The molecule has 6 heteroatoms. The zero-order valence-electron chi connectivity index (χ0n) is 15.0. The summed E-state index contributed by atoms with van der Waals surface area (Å²) in [5.74, 6) is -0.0477. The van der Waals surface area contributed by atoms with Crippen molar-refractivity contribution < 1.29 is 28.8 Å². The lowest BCUT2D eigenvalue weighted by Gasteiger charge is -2.57. The highest BCUT2D eigenvalue weighted by atomic mass is 16.7. The molecule has 2 spiro atoms.